The summed E-state index contributed by atoms with van der Waals surface area (Å²) in [6, 6.07) is -1.31. The fourth-order valence-electron chi connectivity index (χ4n) is 3.01. The Kier molecular flexibility index (Phi) is 5.41. The lowest BCUT2D eigenvalue weighted by molar-refractivity contribution is -0.154. The molecule has 1 fully saturated rings. The summed E-state index contributed by atoms with van der Waals surface area (Å²) >= 11 is 0. The number of carbonyl (C=O) groups excluding carboxylic acids is 3. The van der Waals surface area contributed by atoms with Crippen molar-refractivity contribution in [3.05, 3.63) is 12.2 Å². The molecule has 2 rings (SSSR count). The molecule has 7 heteroatoms. The zero-order chi connectivity index (χ0) is 16.1. The van der Waals surface area contributed by atoms with Crippen molar-refractivity contribution < 1.29 is 23.9 Å². The highest BCUT2D eigenvalue weighted by Crippen LogP contribution is 2.30. The van der Waals surface area contributed by atoms with E-state index >= 15 is 0 Å². The predicted octanol–water partition coefficient (Wildman–Crippen LogP) is 0.984. The molecule has 1 saturated heterocycles. The average Bonchev–Trinajstić information content (AvgIpc) is 2.91. The van der Waals surface area contributed by atoms with Gasteiger partial charge in [0.1, 0.15) is 12.1 Å². The molecule has 0 aromatic rings. The van der Waals surface area contributed by atoms with E-state index in [2.05, 4.69) is 10.1 Å². The molecule has 7 nitrogen and oxygen atoms in total. The van der Waals surface area contributed by atoms with E-state index in [9.17, 15) is 14.4 Å². The molecule has 0 saturated carbocycles. The molecular formula is C15H22N2O5. The molecule has 0 unspecified atom stereocenters. The number of hydrogen-bond donors (Lipinski definition) is 1. The Morgan fingerprint density at radius 3 is 2.73 bits per heavy atom. The number of carbonyl (C=O) groups is 3. The van der Waals surface area contributed by atoms with Gasteiger partial charge in [0.2, 0.25) is 5.91 Å². The van der Waals surface area contributed by atoms with Crippen molar-refractivity contribution in [1.29, 1.82) is 0 Å². The average molecular weight is 310 g/mol. The van der Waals surface area contributed by atoms with Crippen molar-refractivity contribution >= 4 is 18.0 Å². The maximum absolute atomic E-state index is 12.8. The van der Waals surface area contributed by atoms with Crippen LogP contribution in [0.3, 0.4) is 0 Å². The van der Waals surface area contributed by atoms with Crippen molar-refractivity contribution in [2.45, 2.75) is 50.7 Å². The van der Waals surface area contributed by atoms with Crippen LogP contribution in [0, 0.1) is 0 Å². The van der Waals surface area contributed by atoms with Gasteiger partial charge in [0.15, 0.2) is 0 Å². The smallest absolute Gasteiger partial charge is 0.407 e. The Labute approximate surface area is 129 Å². The molecular weight excluding hydrogens is 288 g/mol. The van der Waals surface area contributed by atoms with Crippen molar-refractivity contribution in [2.75, 3.05) is 13.7 Å². The number of nitrogens with zero attached hydrogens (tertiary/aromatic N) is 1. The van der Waals surface area contributed by atoms with E-state index in [1.807, 2.05) is 12.2 Å². The van der Waals surface area contributed by atoms with E-state index in [1.54, 1.807) is 11.8 Å². The number of methoxy groups -OCH3 is 1. The molecule has 2 aliphatic rings. The number of rotatable bonds is 3. The van der Waals surface area contributed by atoms with Crippen LogP contribution in [-0.2, 0) is 19.1 Å². The lowest BCUT2D eigenvalue weighted by Crippen LogP contribution is -2.54. The number of amides is 2. The van der Waals surface area contributed by atoms with Gasteiger partial charge in [-0.05, 0) is 32.6 Å². The molecule has 3 atom stereocenters. The number of hydrogen-bond acceptors (Lipinski definition) is 5. The van der Waals surface area contributed by atoms with Crippen LogP contribution in [0.5, 0.6) is 0 Å². The third kappa shape index (κ3) is 3.40. The van der Waals surface area contributed by atoms with Gasteiger partial charge in [-0.15, -0.1) is 0 Å². The van der Waals surface area contributed by atoms with Crippen LogP contribution in [0.15, 0.2) is 12.2 Å². The van der Waals surface area contributed by atoms with Gasteiger partial charge in [0.05, 0.1) is 13.7 Å². The van der Waals surface area contributed by atoms with E-state index in [-0.39, 0.29) is 24.5 Å². The first kappa shape index (κ1) is 16.3. The minimum absolute atomic E-state index is 0.0274. The van der Waals surface area contributed by atoms with Gasteiger partial charge in [-0.1, -0.05) is 12.2 Å². The molecule has 22 heavy (non-hydrogen) atoms. The fraction of sp³-hybridized carbons (Fsp3) is 0.667. The summed E-state index contributed by atoms with van der Waals surface area (Å²) in [4.78, 5) is 37.8. The van der Waals surface area contributed by atoms with Gasteiger partial charge in [-0.25, -0.2) is 9.59 Å². The quantitative estimate of drug-likeness (QED) is 0.620. The van der Waals surface area contributed by atoms with Crippen molar-refractivity contribution in [1.82, 2.24) is 10.2 Å². The van der Waals surface area contributed by atoms with Crippen LogP contribution in [-0.4, -0.2) is 54.7 Å². The first-order valence-corrected chi connectivity index (χ1v) is 7.56. The molecule has 0 spiro atoms. The molecule has 0 radical (unpaired) electrons. The second-order valence-corrected chi connectivity index (χ2v) is 5.38. The van der Waals surface area contributed by atoms with E-state index in [4.69, 9.17) is 4.74 Å². The Morgan fingerprint density at radius 1 is 1.32 bits per heavy atom. The third-order valence-electron chi connectivity index (χ3n) is 4.04. The highest BCUT2D eigenvalue weighted by Gasteiger charge is 2.43. The number of esters is 1. The molecule has 1 N–H and O–H groups in total. The molecule has 2 amide bonds. The first-order chi connectivity index (χ1) is 10.6. The second-order valence-electron chi connectivity index (χ2n) is 5.38. The van der Waals surface area contributed by atoms with Crippen molar-refractivity contribution in [3.63, 3.8) is 0 Å². The lowest BCUT2D eigenvalue weighted by Gasteiger charge is -2.33. The third-order valence-corrected chi connectivity index (χ3v) is 4.04. The monoisotopic (exact) mass is 310 g/mol. The minimum atomic E-state index is -0.721. The number of ether oxygens (including phenoxy) is 2. The number of alkyl carbamates (subject to hydrolysis) is 1. The fourth-order valence-corrected chi connectivity index (χ4v) is 3.01. The SMILES string of the molecule is CCOC(=O)[C@@H]1CC[C@@H]2CC=CC[C@H](NC(=O)OC)C(=O)N21. The van der Waals surface area contributed by atoms with Gasteiger partial charge in [0, 0.05) is 6.04 Å². The van der Waals surface area contributed by atoms with Gasteiger partial charge < -0.3 is 19.7 Å². The van der Waals surface area contributed by atoms with Gasteiger partial charge in [-0.2, -0.15) is 0 Å². The number of fused-ring (bicyclic) bond motifs is 1. The van der Waals surface area contributed by atoms with Crippen LogP contribution < -0.4 is 5.32 Å². The zero-order valence-electron chi connectivity index (χ0n) is 12.9. The maximum Gasteiger partial charge on any atom is 0.407 e. The summed E-state index contributed by atoms with van der Waals surface area (Å²) in [6.45, 7) is 2.02. The lowest BCUT2D eigenvalue weighted by atomic mass is 10.0. The van der Waals surface area contributed by atoms with Crippen LogP contribution in [0.1, 0.15) is 32.6 Å². The Morgan fingerprint density at radius 2 is 2.05 bits per heavy atom. The first-order valence-electron chi connectivity index (χ1n) is 7.56. The molecule has 0 bridgehead atoms. The summed E-state index contributed by atoms with van der Waals surface area (Å²) in [7, 11) is 1.25. The van der Waals surface area contributed by atoms with Crippen molar-refractivity contribution in [2.24, 2.45) is 0 Å². The van der Waals surface area contributed by atoms with Gasteiger partial charge in [-0.3, -0.25) is 4.79 Å². The van der Waals surface area contributed by atoms with Crippen LogP contribution in [0.25, 0.3) is 0 Å². The highest BCUT2D eigenvalue weighted by molar-refractivity contribution is 5.90. The summed E-state index contributed by atoms with van der Waals surface area (Å²) in [5.74, 6) is -0.630. The van der Waals surface area contributed by atoms with E-state index in [0.29, 0.717) is 19.3 Å². The normalized spacial score (nSPS) is 27.6. The summed E-state index contributed by atoms with van der Waals surface area (Å²) in [5.41, 5.74) is 0. The minimum Gasteiger partial charge on any atom is -0.464 e. The summed E-state index contributed by atoms with van der Waals surface area (Å²) in [5, 5.41) is 2.53. The Hall–Kier alpha value is -2.05. The zero-order valence-corrected chi connectivity index (χ0v) is 12.9. The Balaban J connectivity index is 2.19. The molecule has 122 valence electrons. The Bertz CT molecular complexity index is 477. The van der Waals surface area contributed by atoms with E-state index in [0.717, 1.165) is 6.42 Å². The van der Waals surface area contributed by atoms with Crippen LogP contribution in [0.2, 0.25) is 0 Å². The second kappa shape index (κ2) is 7.29. The van der Waals surface area contributed by atoms with Gasteiger partial charge >= 0.3 is 12.1 Å². The van der Waals surface area contributed by atoms with Crippen LogP contribution in [0.4, 0.5) is 4.79 Å². The highest BCUT2D eigenvalue weighted by atomic mass is 16.5. The summed E-state index contributed by atoms with van der Waals surface area (Å²) in [6.07, 6.45) is 5.66. The molecule has 0 aromatic carbocycles. The maximum atomic E-state index is 12.8. The molecule has 2 heterocycles. The number of nitrogens with one attached hydrogen (secondary N) is 1. The molecule has 2 aliphatic heterocycles. The molecule has 0 aromatic heterocycles. The van der Waals surface area contributed by atoms with Crippen LogP contribution >= 0.6 is 0 Å². The predicted molar refractivity (Wildman–Crippen MR) is 78.0 cm³/mol. The largest absolute Gasteiger partial charge is 0.464 e. The standard InChI is InChI=1S/C15H22N2O5/c1-3-22-14(19)12-9-8-10-6-4-5-7-11(13(18)17(10)12)16-15(20)21-2/h4-5,10-12H,3,6-9H2,1-2H3,(H,16,20)/t10-,11-,12-/m0/s1. The van der Waals surface area contributed by atoms with E-state index in [1.165, 1.54) is 7.11 Å². The van der Waals surface area contributed by atoms with Crippen molar-refractivity contribution in [3.8, 4) is 0 Å². The molecule has 0 aliphatic carbocycles. The van der Waals surface area contributed by atoms with E-state index < -0.39 is 18.2 Å². The topological polar surface area (TPSA) is 84.9 Å². The summed E-state index contributed by atoms with van der Waals surface area (Å²) < 4.78 is 9.63. The van der Waals surface area contributed by atoms with Gasteiger partial charge in [0.25, 0.3) is 0 Å².